The normalized spacial score (nSPS) is 26.6. The first-order chi connectivity index (χ1) is 5.33. The van der Waals surface area contributed by atoms with E-state index in [9.17, 15) is 4.79 Å². The zero-order valence-corrected chi connectivity index (χ0v) is 7.02. The molecule has 1 aliphatic heterocycles. The number of hydrogen-bond donors (Lipinski definition) is 2. The van der Waals surface area contributed by atoms with Gasteiger partial charge in [-0.3, -0.25) is 4.79 Å². The van der Waals surface area contributed by atoms with Crippen molar-refractivity contribution in [3.05, 3.63) is 0 Å². The van der Waals surface area contributed by atoms with Gasteiger partial charge in [0.2, 0.25) is 0 Å². The Labute approximate surface area is 67.5 Å². The summed E-state index contributed by atoms with van der Waals surface area (Å²) in [6, 6.07) is 0. The van der Waals surface area contributed by atoms with Crippen LogP contribution >= 0.6 is 0 Å². The highest BCUT2D eigenvalue weighted by Gasteiger charge is 2.14. The Balaban J connectivity index is 2.28. The Bertz CT molecular complexity index is 136. The fourth-order valence-corrected chi connectivity index (χ4v) is 1.43. The molecule has 1 fully saturated rings. The van der Waals surface area contributed by atoms with E-state index in [1.807, 2.05) is 7.05 Å². The molecule has 0 unspecified atom stereocenters. The van der Waals surface area contributed by atoms with Gasteiger partial charge in [0.15, 0.2) is 0 Å². The molecule has 0 amide bonds. The van der Waals surface area contributed by atoms with Crippen LogP contribution in [0.2, 0.25) is 0 Å². The third-order valence-corrected chi connectivity index (χ3v) is 2.08. The minimum Gasteiger partial charge on any atom is -0.319 e. The Hall–Kier alpha value is -0.410. The lowest BCUT2D eigenvalue weighted by molar-refractivity contribution is -0.118. The van der Waals surface area contributed by atoms with E-state index in [4.69, 9.17) is 0 Å². The van der Waals surface area contributed by atoms with Crippen molar-refractivity contribution in [2.45, 2.75) is 12.8 Å². The van der Waals surface area contributed by atoms with Crippen LogP contribution in [0, 0.1) is 5.92 Å². The molecule has 0 aromatic heterocycles. The van der Waals surface area contributed by atoms with Crippen LogP contribution < -0.4 is 10.6 Å². The molecule has 0 radical (unpaired) electrons. The van der Waals surface area contributed by atoms with E-state index >= 15 is 0 Å². The number of rotatable bonds is 2. The summed E-state index contributed by atoms with van der Waals surface area (Å²) < 4.78 is 0. The molecule has 2 N–H and O–H groups in total. The molecular formula is C8H16N2O. The number of carbonyl (C=O) groups excluding carboxylic acids is 1. The molecule has 0 aromatic rings. The summed E-state index contributed by atoms with van der Waals surface area (Å²) in [5.74, 6) is 0.982. The molecular weight excluding hydrogens is 140 g/mol. The second-order valence-electron chi connectivity index (χ2n) is 3.13. The van der Waals surface area contributed by atoms with Crippen LogP contribution in [0.25, 0.3) is 0 Å². The van der Waals surface area contributed by atoms with Gasteiger partial charge in [-0.25, -0.2) is 0 Å². The van der Waals surface area contributed by atoms with E-state index in [1.54, 1.807) is 0 Å². The SMILES string of the molecule is CNC[C@@H]1CCC(=O)CNC1. The molecule has 1 rings (SSSR count). The van der Waals surface area contributed by atoms with E-state index in [-0.39, 0.29) is 0 Å². The third-order valence-electron chi connectivity index (χ3n) is 2.08. The third kappa shape index (κ3) is 2.99. The highest BCUT2D eigenvalue weighted by molar-refractivity contribution is 5.80. The first kappa shape index (κ1) is 8.68. The van der Waals surface area contributed by atoms with Gasteiger partial charge in [-0.2, -0.15) is 0 Å². The minimum atomic E-state index is 0.351. The molecule has 1 atom stereocenters. The summed E-state index contributed by atoms with van der Waals surface area (Å²) in [6.07, 6.45) is 1.78. The van der Waals surface area contributed by atoms with Gasteiger partial charge in [0.05, 0.1) is 6.54 Å². The molecule has 1 saturated heterocycles. The molecule has 11 heavy (non-hydrogen) atoms. The number of hydrogen-bond acceptors (Lipinski definition) is 3. The van der Waals surface area contributed by atoms with Crippen molar-refractivity contribution < 1.29 is 4.79 Å². The number of nitrogens with one attached hydrogen (secondary N) is 2. The summed E-state index contributed by atoms with van der Waals surface area (Å²) in [5, 5.41) is 6.27. The lowest BCUT2D eigenvalue weighted by atomic mass is 10.0. The number of carbonyl (C=O) groups is 1. The van der Waals surface area contributed by atoms with Crippen molar-refractivity contribution in [3.8, 4) is 0 Å². The average molecular weight is 156 g/mol. The quantitative estimate of drug-likeness (QED) is 0.580. The lowest BCUT2D eigenvalue weighted by Crippen LogP contribution is -2.28. The van der Waals surface area contributed by atoms with E-state index < -0.39 is 0 Å². The predicted octanol–water partition coefficient (Wildman–Crippen LogP) is -0.225. The van der Waals surface area contributed by atoms with E-state index in [0.717, 1.165) is 25.9 Å². The van der Waals surface area contributed by atoms with Crippen LogP contribution in [0.5, 0.6) is 0 Å². The van der Waals surface area contributed by atoms with Crippen LogP contribution in [0.1, 0.15) is 12.8 Å². The minimum absolute atomic E-state index is 0.351. The molecule has 0 saturated carbocycles. The number of Topliss-reactive ketones (excluding diaryl/α,β-unsaturated/α-hetero) is 1. The maximum Gasteiger partial charge on any atom is 0.146 e. The fourth-order valence-electron chi connectivity index (χ4n) is 1.43. The molecule has 1 heterocycles. The van der Waals surface area contributed by atoms with Crippen LogP contribution in [0.3, 0.4) is 0 Å². The highest BCUT2D eigenvalue weighted by atomic mass is 16.1. The molecule has 0 spiro atoms. The summed E-state index contributed by atoms with van der Waals surface area (Å²) in [6.45, 7) is 2.56. The van der Waals surface area contributed by atoms with Crippen molar-refractivity contribution in [1.82, 2.24) is 10.6 Å². The van der Waals surface area contributed by atoms with Gasteiger partial charge in [0, 0.05) is 6.42 Å². The molecule has 3 nitrogen and oxygen atoms in total. The summed E-state index contributed by atoms with van der Waals surface area (Å²) in [7, 11) is 1.95. The highest BCUT2D eigenvalue weighted by Crippen LogP contribution is 2.07. The lowest BCUT2D eigenvalue weighted by Gasteiger charge is -2.11. The summed E-state index contributed by atoms with van der Waals surface area (Å²) in [5.41, 5.74) is 0. The standard InChI is InChI=1S/C8H16N2O/c1-9-4-7-2-3-8(11)6-10-5-7/h7,9-10H,2-6H2,1H3/t7-/m0/s1. The Morgan fingerprint density at radius 3 is 3.27 bits per heavy atom. The van der Waals surface area contributed by atoms with Crippen molar-refractivity contribution >= 4 is 5.78 Å². The fraction of sp³-hybridized carbons (Fsp3) is 0.875. The second-order valence-corrected chi connectivity index (χ2v) is 3.13. The smallest absolute Gasteiger partial charge is 0.146 e. The molecule has 64 valence electrons. The largest absolute Gasteiger partial charge is 0.319 e. The van der Waals surface area contributed by atoms with Gasteiger partial charge in [-0.1, -0.05) is 0 Å². The predicted molar refractivity (Wildman–Crippen MR) is 44.5 cm³/mol. The topological polar surface area (TPSA) is 41.1 Å². The Morgan fingerprint density at radius 1 is 1.73 bits per heavy atom. The average Bonchev–Trinajstić information content (AvgIpc) is 2.17. The van der Waals surface area contributed by atoms with Gasteiger partial charge in [-0.05, 0) is 32.5 Å². The van der Waals surface area contributed by atoms with Crippen molar-refractivity contribution in [3.63, 3.8) is 0 Å². The number of ketones is 1. The van der Waals surface area contributed by atoms with Crippen molar-refractivity contribution in [1.29, 1.82) is 0 Å². The maximum atomic E-state index is 10.9. The molecule has 1 aliphatic rings. The van der Waals surface area contributed by atoms with E-state index in [1.165, 1.54) is 0 Å². The Morgan fingerprint density at radius 2 is 2.55 bits per heavy atom. The Kier molecular flexibility index (Phi) is 3.52. The van der Waals surface area contributed by atoms with Crippen LogP contribution in [0.4, 0.5) is 0 Å². The zero-order valence-electron chi connectivity index (χ0n) is 7.02. The molecule has 0 aliphatic carbocycles. The van der Waals surface area contributed by atoms with Crippen LogP contribution in [-0.4, -0.2) is 32.5 Å². The van der Waals surface area contributed by atoms with Crippen LogP contribution in [0.15, 0.2) is 0 Å². The monoisotopic (exact) mass is 156 g/mol. The summed E-state index contributed by atoms with van der Waals surface area (Å²) in [4.78, 5) is 10.9. The van der Waals surface area contributed by atoms with Gasteiger partial charge in [-0.15, -0.1) is 0 Å². The first-order valence-corrected chi connectivity index (χ1v) is 4.20. The van der Waals surface area contributed by atoms with Gasteiger partial charge >= 0.3 is 0 Å². The van der Waals surface area contributed by atoms with E-state index in [0.29, 0.717) is 18.2 Å². The summed E-state index contributed by atoms with van der Waals surface area (Å²) >= 11 is 0. The molecule has 0 bridgehead atoms. The molecule has 0 aromatic carbocycles. The van der Waals surface area contributed by atoms with Crippen LogP contribution in [-0.2, 0) is 4.79 Å². The van der Waals surface area contributed by atoms with Crippen molar-refractivity contribution in [2.75, 3.05) is 26.7 Å². The van der Waals surface area contributed by atoms with Gasteiger partial charge in [0.25, 0.3) is 0 Å². The first-order valence-electron chi connectivity index (χ1n) is 4.20. The zero-order chi connectivity index (χ0) is 8.10. The van der Waals surface area contributed by atoms with Gasteiger partial charge < -0.3 is 10.6 Å². The second kappa shape index (κ2) is 4.46. The molecule has 3 heteroatoms. The van der Waals surface area contributed by atoms with E-state index in [2.05, 4.69) is 10.6 Å². The van der Waals surface area contributed by atoms with Gasteiger partial charge in [0.1, 0.15) is 5.78 Å². The maximum absolute atomic E-state index is 10.9. The van der Waals surface area contributed by atoms with Crippen molar-refractivity contribution in [2.24, 2.45) is 5.92 Å².